The molecule has 0 saturated carbocycles. The minimum Gasteiger partial charge on any atom is -0.488 e. The van der Waals surface area contributed by atoms with Crippen molar-refractivity contribution in [3.63, 3.8) is 0 Å². The van der Waals surface area contributed by atoms with Crippen molar-refractivity contribution in [1.82, 2.24) is 9.66 Å². The number of rotatable bonds is 5. The summed E-state index contributed by atoms with van der Waals surface area (Å²) in [6.45, 7) is 2.00. The number of benzene rings is 4. The Balaban J connectivity index is 1.58. The first kappa shape index (κ1) is 23.5. The molecule has 8 heteroatoms. The fraction of sp³-hybridized carbons (Fsp3) is 0.0741. The Morgan fingerprint density at radius 3 is 2.69 bits per heavy atom. The van der Waals surface area contributed by atoms with E-state index in [9.17, 15) is 4.79 Å². The average molecular weight is 567 g/mol. The van der Waals surface area contributed by atoms with E-state index in [0.717, 1.165) is 26.4 Å². The zero-order valence-electron chi connectivity index (χ0n) is 18.5. The van der Waals surface area contributed by atoms with Crippen LogP contribution in [-0.4, -0.2) is 15.9 Å². The van der Waals surface area contributed by atoms with Crippen molar-refractivity contribution in [2.75, 3.05) is 0 Å². The van der Waals surface area contributed by atoms with E-state index in [-0.39, 0.29) is 12.2 Å². The molecule has 0 N–H and O–H groups in total. The summed E-state index contributed by atoms with van der Waals surface area (Å²) >= 11 is 15.8. The third-order valence-electron chi connectivity index (χ3n) is 5.60. The molecule has 5 aromatic rings. The van der Waals surface area contributed by atoms with Crippen LogP contribution in [-0.2, 0) is 6.61 Å². The Hall–Kier alpha value is -3.19. The van der Waals surface area contributed by atoms with Gasteiger partial charge in [0.2, 0.25) is 0 Å². The van der Waals surface area contributed by atoms with Crippen LogP contribution in [0.1, 0.15) is 17.0 Å². The third-order valence-corrected chi connectivity index (χ3v) is 6.68. The maximum atomic E-state index is 13.2. The van der Waals surface area contributed by atoms with Crippen molar-refractivity contribution >= 4 is 67.0 Å². The number of hydrogen-bond donors (Lipinski definition) is 0. The minimum absolute atomic E-state index is 0.249. The highest BCUT2D eigenvalue weighted by molar-refractivity contribution is 9.10. The van der Waals surface area contributed by atoms with Gasteiger partial charge in [-0.3, -0.25) is 4.79 Å². The van der Waals surface area contributed by atoms with Gasteiger partial charge in [-0.25, -0.2) is 4.98 Å². The summed E-state index contributed by atoms with van der Waals surface area (Å²) in [6.07, 6.45) is 1.64. The SMILES string of the molecule is Cc1nc2ccc(Br)cc2c(=O)n1N=Cc1c(OCc2ccc(Cl)cc2Cl)ccc2ccccc12. The molecule has 0 aliphatic rings. The fourth-order valence-corrected chi connectivity index (χ4v) is 4.66. The highest BCUT2D eigenvalue weighted by Gasteiger charge is 2.11. The van der Waals surface area contributed by atoms with Gasteiger partial charge in [0.25, 0.3) is 5.56 Å². The average Bonchev–Trinajstić information content (AvgIpc) is 2.84. The van der Waals surface area contributed by atoms with Gasteiger partial charge in [0.15, 0.2) is 0 Å². The van der Waals surface area contributed by atoms with E-state index in [0.29, 0.717) is 32.5 Å². The molecule has 1 heterocycles. The van der Waals surface area contributed by atoms with Gasteiger partial charge in [0.05, 0.1) is 17.1 Å². The van der Waals surface area contributed by atoms with Gasteiger partial charge in [-0.2, -0.15) is 9.78 Å². The van der Waals surface area contributed by atoms with Crippen molar-refractivity contribution in [1.29, 1.82) is 0 Å². The van der Waals surface area contributed by atoms with Crippen molar-refractivity contribution < 1.29 is 4.74 Å². The van der Waals surface area contributed by atoms with E-state index in [2.05, 4.69) is 26.0 Å². The monoisotopic (exact) mass is 565 g/mol. The second-order valence-corrected chi connectivity index (χ2v) is 9.66. The van der Waals surface area contributed by atoms with Crippen LogP contribution in [0.5, 0.6) is 5.75 Å². The number of aromatic nitrogens is 2. The first-order valence-corrected chi connectivity index (χ1v) is 12.3. The van der Waals surface area contributed by atoms with Gasteiger partial charge in [0.1, 0.15) is 18.2 Å². The van der Waals surface area contributed by atoms with Crippen LogP contribution in [0, 0.1) is 6.92 Å². The van der Waals surface area contributed by atoms with Crippen molar-refractivity contribution in [3.05, 3.63) is 115 Å². The Bertz CT molecular complexity index is 1680. The lowest BCUT2D eigenvalue weighted by Crippen LogP contribution is -2.20. The van der Waals surface area contributed by atoms with Crippen LogP contribution in [0.15, 0.2) is 87.2 Å². The molecular formula is C27H18BrCl2N3O2. The highest BCUT2D eigenvalue weighted by atomic mass is 79.9. The molecule has 0 amide bonds. The number of ether oxygens (including phenoxy) is 1. The molecule has 0 fully saturated rings. The van der Waals surface area contributed by atoms with E-state index >= 15 is 0 Å². The van der Waals surface area contributed by atoms with Gasteiger partial charge in [-0.1, -0.05) is 75.5 Å². The quantitative estimate of drug-likeness (QED) is 0.208. The first-order chi connectivity index (χ1) is 16.9. The predicted molar refractivity (Wildman–Crippen MR) is 146 cm³/mol. The largest absolute Gasteiger partial charge is 0.488 e. The summed E-state index contributed by atoms with van der Waals surface area (Å²) in [5.41, 5.74) is 1.93. The Morgan fingerprint density at radius 2 is 1.86 bits per heavy atom. The van der Waals surface area contributed by atoms with Crippen molar-refractivity contribution in [2.45, 2.75) is 13.5 Å². The lowest BCUT2D eigenvalue weighted by atomic mass is 10.0. The van der Waals surface area contributed by atoms with Crippen molar-refractivity contribution in [3.8, 4) is 5.75 Å². The van der Waals surface area contributed by atoms with Gasteiger partial charge in [-0.15, -0.1) is 0 Å². The van der Waals surface area contributed by atoms with Gasteiger partial charge in [-0.05, 0) is 54.1 Å². The lowest BCUT2D eigenvalue weighted by Gasteiger charge is -2.13. The molecule has 0 saturated heterocycles. The van der Waals surface area contributed by atoms with Gasteiger partial charge < -0.3 is 4.74 Å². The topological polar surface area (TPSA) is 56.5 Å². The predicted octanol–water partition coefficient (Wildman–Crippen LogP) is 7.39. The highest BCUT2D eigenvalue weighted by Crippen LogP contribution is 2.29. The Kier molecular flexibility index (Phi) is 6.60. The summed E-state index contributed by atoms with van der Waals surface area (Å²) in [6, 6.07) is 22.5. The molecule has 0 unspecified atom stereocenters. The zero-order chi connectivity index (χ0) is 24.5. The molecule has 0 bridgehead atoms. The molecule has 35 heavy (non-hydrogen) atoms. The third kappa shape index (κ3) is 4.82. The van der Waals surface area contributed by atoms with E-state index in [4.69, 9.17) is 27.9 Å². The first-order valence-electron chi connectivity index (χ1n) is 10.7. The van der Waals surface area contributed by atoms with E-state index < -0.39 is 0 Å². The van der Waals surface area contributed by atoms with Crippen molar-refractivity contribution in [2.24, 2.45) is 5.10 Å². The number of fused-ring (bicyclic) bond motifs is 2. The van der Waals surface area contributed by atoms with Crippen LogP contribution < -0.4 is 10.3 Å². The van der Waals surface area contributed by atoms with Crippen LogP contribution in [0.2, 0.25) is 10.0 Å². The summed E-state index contributed by atoms with van der Waals surface area (Å²) < 4.78 is 8.26. The molecule has 4 aromatic carbocycles. The minimum atomic E-state index is -0.249. The molecule has 5 rings (SSSR count). The van der Waals surface area contributed by atoms with Crippen LogP contribution in [0.4, 0.5) is 0 Å². The Morgan fingerprint density at radius 1 is 1.03 bits per heavy atom. The number of aryl methyl sites for hydroxylation is 1. The molecular weight excluding hydrogens is 549 g/mol. The summed E-state index contributed by atoms with van der Waals surface area (Å²) in [7, 11) is 0. The van der Waals surface area contributed by atoms with E-state index in [1.54, 1.807) is 37.4 Å². The molecule has 0 radical (unpaired) electrons. The summed E-state index contributed by atoms with van der Waals surface area (Å²) in [4.78, 5) is 17.7. The standard InChI is InChI=1S/C27H18BrCl2N3O2/c1-16-32-25-10-8-19(28)12-22(25)27(34)33(16)31-14-23-21-5-3-2-4-17(21)7-11-26(23)35-15-18-6-9-20(29)13-24(18)30/h2-14H,15H2,1H3. The number of halogens is 3. The summed E-state index contributed by atoms with van der Waals surface area (Å²) in [5, 5.41) is 8.07. The Labute approximate surface area is 219 Å². The normalized spacial score (nSPS) is 11.5. The van der Waals surface area contributed by atoms with Crippen LogP contribution >= 0.6 is 39.1 Å². The van der Waals surface area contributed by atoms with Crippen LogP contribution in [0.25, 0.3) is 21.7 Å². The maximum absolute atomic E-state index is 13.2. The zero-order valence-corrected chi connectivity index (χ0v) is 21.6. The molecule has 5 nitrogen and oxygen atoms in total. The van der Waals surface area contributed by atoms with Gasteiger partial charge in [0, 0.05) is 25.6 Å². The van der Waals surface area contributed by atoms with Gasteiger partial charge >= 0.3 is 0 Å². The molecule has 0 spiro atoms. The fourth-order valence-electron chi connectivity index (χ4n) is 3.84. The molecule has 174 valence electrons. The number of hydrogen-bond acceptors (Lipinski definition) is 4. The molecule has 0 atom stereocenters. The molecule has 0 aliphatic heterocycles. The van der Waals surface area contributed by atoms with E-state index in [1.165, 1.54) is 4.68 Å². The lowest BCUT2D eigenvalue weighted by molar-refractivity contribution is 0.306. The smallest absolute Gasteiger partial charge is 0.282 e. The summed E-state index contributed by atoms with van der Waals surface area (Å²) in [5.74, 6) is 1.09. The second-order valence-electron chi connectivity index (χ2n) is 7.90. The maximum Gasteiger partial charge on any atom is 0.282 e. The van der Waals surface area contributed by atoms with E-state index in [1.807, 2.05) is 48.5 Å². The number of nitrogens with zero attached hydrogens (tertiary/aromatic N) is 3. The second kappa shape index (κ2) is 9.82. The molecule has 1 aromatic heterocycles. The van der Waals surface area contributed by atoms with Crippen LogP contribution in [0.3, 0.4) is 0 Å². The molecule has 0 aliphatic carbocycles.